The number of ketones is 1. The lowest BCUT2D eigenvalue weighted by molar-refractivity contribution is -0.138. The molecule has 0 spiro atoms. The van der Waals surface area contributed by atoms with E-state index in [1.54, 1.807) is 11.8 Å². The number of rotatable bonds is 7. The second-order valence-electron chi connectivity index (χ2n) is 8.99. The Kier molecular flexibility index (Phi) is 7.44. The van der Waals surface area contributed by atoms with Crippen molar-refractivity contribution < 1.29 is 23.8 Å². The molecule has 1 N–H and O–H groups in total. The summed E-state index contributed by atoms with van der Waals surface area (Å²) in [5.74, 6) is 2.06. The number of hydrogen-bond donors (Lipinski definition) is 1. The van der Waals surface area contributed by atoms with Crippen LogP contribution in [0.3, 0.4) is 0 Å². The minimum Gasteiger partial charge on any atom is -0.461 e. The summed E-state index contributed by atoms with van der Waals surface area (Å²) in [7, 11) is 0. The number of Topliss-reactive ketones (excluding diaryl/α,β-unsaturated/α-hetero) is 1. The molecule has 2 atom stereocenters. The molecule has 0 saturated heterocycles. The van der Waals surface area contributed by atoms with E-state index >= 15 is 0 Å². The molecule has 6 nitrogen and oxygen atoms in total. The Morgan fingerprint density at radius 1 is 1.17 bits per heavy atom. The summed E-state index contributed by atoms with van der Waals surface area (Å²) in [6.45, 7) is 4.41. The average molecular weight is 571 g/mol. The highest BCUT2D eigenvalue weighted by Crippen LogP contribution is 2.49. The van der Waals surface area contributed by atoms with Gasteiger partial charge in [0.1, 0.15) is 6.61 Å². The molecule has 0 aromatic heterocycles. The Hall–Kier alpha value is -2.71. The van der Waals surface area contributed by atoms with E-state index in [1.807, 2.05) is 37.3 Å². The molecule has 0 radical (unpaired) electrons. The van der Waals surface area contributed by atoms with Crippen molar-refractivity contribution in [2.75, 3.05) is 24.9 Å². The minimum absolute atomic E-state index is 0.0338. The Bertz CT molecular complexity index is 1260. The van der Waals surface area contributed by atoms with Gasteiger partial charge in [0.2, 0.25) is 6.79 Å². The molecule has 1 aliphatic carbocycles. The third-order valence-corrected chi connectivity index (χ3v) is 8.34. The average Bonchev–Trinajstić information content (AvgIpc) is 3.32. The van der Waals surface area contributed by atoms with Crippen LogP contribution in [0.15, 0.2) is 69.5 Å². The number of carbonyl (C=O) groups excluding carboxylic acids is 2. The number of nitrogens with one attached hydrogen (secondary N) is 1. The van der Waals surface area contributed by atoms with E-state index in [0.717, 1.165) is 32.8 Å². The van der Waals surface area contributed by atoms with Crippen LogP contribution in [-0.4, -0.2) is 36.7 Å². The quantitative estimate of drug-likeness (QED) is 0.332. The van der Waals surface area contributed by atoms with Crippen molar-refractivity contribution in [2.24, 2.45) is 0 Å². The van der Waals surface area contributed by atoms with Gasteiger partial charge in [-0.1, -0.05) is 53.2 Å². The van der Waals surface area contributed by atoms with E-state index in [9.17, 15) is 9.59 Å². The summed E-state index contributed by atoms with van der Waals surface area (Å²) < 4.78 is 17.6. The number of esters is 1. The lowest BCUT2D eigenvalue weighted by Gasteiger charge is -2.37. The van der Waals surface area contributed by atoms with Gasteiger partial charge in [-0.15, -0.1) is 0 Å². The first-order valence-electron chi connectivity index (χ1n) is 12.1. The standard InChI is InChI=1S/C28H28BrNO5S/c1-3-36-10-9-33-28(32)25-16(2)30-21-11-18(17-7-5-4-6-8-17)12-22(31)27(21)26(25)19-13-23-24(14-20(19)29)35-15-34-23/h4-8,13-14,18,26,30H,3,9-12,15H2,1-2H3. The van der Waals surface area contributed by atoms with Crippen molar-refractivity contribution in [3.63, 3.8) is 0 Å². The van der Waals surface area contributed by atoms with Crippen LogP contribution < -0.4 is 14.8 Å². The Labute approximate surface area is 223 Å². The van der Waals surface area contributed by atoms with Gasteiger partial charge in [-0.3, -0.25) is 4.79 Å². The number of ether oxygens (including phenoxy) is 3. The Balaban J connectivity index is 1.56. The lowest BCUT2D eigenvalue weighted by atomic mass is 9.71. The second-order valence-corrected chi connectivity index (χ2v) is 11.2. The number of dihydropyridines is 1. The van der Waals surface area contributed by atoms with Crippen LogP contribution in [0, 0.1) is 0 Å². The van der Waals surface area contributed by atoms with E-state index in [2.05, 4.69) is 40.3 Å². The fourth-order valence-electron chi connectivity index (χ4n) is 5.15. The zero-order valence-corrected chi connectivity index (χ0v) is 22.7. The zero-order valence-electron chi connectivity index (χ0n) is 20.3. The highest BCUT2D eigenvalue weighted by atomic mass is 79.9. The van der Waals surface area contributed by atoms with Crippen LogP contribution in [0.4, 0.5) is 0 Å². The largest absolute Gasteiger partial charge is 0.461 e. The first-order chi connectivity index (χ1) is 17.5. The van der Waals surface area contributed by atoms with Gasteiger partial charge in [-0.25, -0.2) is 4.79 Å². The van der Waals surface area contributed by atoms with Crippen molar-refractivity contribution in [2.45, 2.75) is 38.5 Å². The third kappa shape index (κ3) is 4.81. The number of carbonyl (C=O) groups is 2. The molecule has 0 fully saturated rings. The molecule has 2 heterocycles. The van der Waals surface area contributed by atoms with Gasteiger partial charge >= 0.3 is 5.97 Å². The van der Waals surface area contributed by atoms with Crippen LogP contribution in [0.25, 0.3) is 0 Å². The van der Waals surface area contributed by atoms with Crippen molar-refractivity contribution in [3.05, 3.63) is 80.6 Å². The smallest absolute Gasteiger partial charge is 0.336 e. The Morgan fingerprint density at radius 3 is 2.67 bits per heavy atom. The number of allylic oxidation sites excluding steroid dienone is 3. The lowest BCUT2D eigenvalue weighted by Crippen LogP contribution is -2.36. The van der Waals surface area contributed by atoms with Crippen LogP contribution in [0.5, 0.6) is 11.5 Å². The van der Waals surface area contributed by atoms with Gasteiger partial charge in [0.25, 0.3) is 0 Å². The number of benzene rings is 2. The fraction of sp³-hybridized carbons (Fsp3) is 0.357. The predicted octanol–water partition coefficient (Wildman–Crippen LogP) is 5.84. The normalized spacial score (nSPS) is 20.8. The molecule has 8 heteroatoms. The predicted molar refractivity (Wildman–Crippen MR) is 143 cm³/mol. The monoisotopic (exact) mass is 569 g/mol. The van der Waals surface area contributed by atoms with E-state index in [4.69, 9.17) is 14.2 Å². The molecule has 2 aromatic rings. The third-order valence-electron chi connectivity index (χ3n) is 6.79. The summed E-state index contributed by atoms with van der Waals surface area (Å²) in [5, 5.41) is 3.41. The number of thioether (sulfide) groups is 1. The highest BCUT2D eigenvalue weighted by molar-refractivity contribution is 9.10. The molecule has 5 rings (SSSR count). The van der Waals surface area contributed by atoms with Gasteiger partial charge in [0.05, 0.1) is 5.57 Å². The summed E-state index contributed by atoms with van der Waals surface area (Å²) >= 11 is 5.39. The SMILES string of the molecule is CCSCCOC(=O)C1=C(C)NC2=C(C(=O)CC(c3ccccc3)C2)C1c1cc2c(cc1Br)OCO2. The van der Waals surface area contributed by atoms with Crippen LogP contribution in [0.1, 0.15) is 49.7 Å². The van der Waals surface area contributed by atoms with Gasteiger partial charge in [0, 0.05) is 39.5 Å². The summed E-state index contributed by atoms with van der Waals surface area (Å²) in [6.07, 6.45) is 1.08. The van der Waals surface area contributed by atoms with Crippen molar-refractivity contribution in [1.29, 1.82) is 0 Å². The molecule has 2 aliphatic heterocycles. The molecule has 0 amide bonds. The maximum atomic E-state index is 13.8. The maximum absolute atomic E-state index is 13.8. The van der Waals surface area contributed by atoms with Crippen molar-refractivity contribution >= 4 is 39.4 Å². The van der Waals surface area contributed by atoms with Gasteiger partial charge in [-0.2, -0.15) is 11.8 Å². The summed E-state index contributed by atoms with van der Waals surface area (Å²) in [5.41, 5.74) is 4.58. The van der Waals surface area contributed by atoms with Crippen LogP contribution >= 0.6 is 27.7 Å². The molecule has 3 aliphatic rings. The van der Waals surface area contributed by atoms with E-state index in [-0.39, 0.29) is 18.5 Å². The first kappa shape index (κ1) is 25.0. The summed E-state index contributed by atoms with van der Waals surface area (Å²) in [6, 6.07) is 13.8. The molecular weight excluding hydrogens is 542 g/mol. The van der Waals surface area contributed by atoms with Crippen LogP contribution in [0.2, 0.25) is 0 Å². The van der Waals surface area contributed by atoms with E-state index in [1.165, 1.54) is 0 Å². The Morgan fingerprint density at radius 2 is 1.92 bits per heavy atom. The molecular formula is C28H28BrNO5S. The van der Waals surface area contributed by atoms with Crippen molar-refractivity contribution in [1.82, 2.24) is 5.32 Å². The fourth-order valence-corrected chi connectivity index (χ4v) is 6.19. The molecule has 2 unspecified atom stereocenters. The van der Waals surface area contributed by atoms with E-state index < -0.39 is 11.9 Å². The first-order valence-corrected chi connectivity index (χ1v) is 14.1. The number of fused-ring (bicyclic) bond motifs is 1. The van der Waals surface area contributed by atoms with Crippen molar-refractivity contribution in [3.8, 4) is 11.5 Å². The second kappa shape index (κ2) is 10.7. The number of hydrogen-bond acceptors (Lipinski definition) is 7. The molecule has 0 saturated carbocycles. The molecule has 2 aromatic carbocycles. The topological polar surface area (TPSA) is 73.9 Å². The molecule has 36 heavy (non-hydrogen) atoms. The molecule has 188 valence electrons. The minimum atomic E-state index is -0.569. The zero-order chi connectivity index (χ0) is 25.2. The number of halogens is 1. The highest BCUT2D eigenvalue weighted by Gasteiger charge is 2.42. The molecule has 0 bridgehead atoms. The van der Waals surface area contributed by atoms with Gasteiger partial charge in [0.15, 0.2) is 17.3 Å². The summed E-state index contributed by atoms with van der Waals surface area (Å²) in [4.78, 5) is 27.2. The van der Waals surface area contributed by atoms with Crippen LogP contribution in [-0.2, 0) is 14.3 Å². The van der Waals surface area contributed by atoms with Gasteiger partial charge < -0.3 is 19.5 Å². The maximum Gasteiger partial charge on any atom is 0.336 e. The van der Waals surface area contributed by atoms with E-state index in [0.29, 0.717) is 47.8 Å². The van der Waals surface area contributed by atoms with Gasteiger partial charge in [-0.05, 0) is 48.3 Å².